The Balaban J connectivity index is 1.48. The van der Waals surface area contributed by atoms with Crippen LogP contribution in [-0.2, 0) is 28.9 Å². The van der Waals surface area contributed by atoms with E-state index in [2.05, 4.69) is 23.5 Å². The average Bonchev–Trinajstić information content (AvgIpc) is 2.87. The molecule has 1 saturated heterocycles. The fourth-order valence-corrected chi connectivity index (χ4v) is 2.77. The number of aryl methyl sites for hydroxylation is 2. The fraction of sp³-hybridized carbons (Fsp3) is 0.600. The molecule has 18 heavy (non-hydrogen) atoms. The summed E-state index contributed by atoms with van der Waals surface area (Å²) >= 11 is 0. The van der Waals surface area contributed by atoms with Crippen molar-refractivity contribution in [3.05, 3.63) is 34.9 Å². The average molecular weight is 247 g/mol. The van der Waals surface area contributed by atoms with E-state index in [0.29, 0.717) is 0 Å². The van der Waals surface area contributed by atoms with Gasteiger partial charge in [0.15, 0.2) is 0 Å². The highest BCUT2D eigenvalue weighted by molar-refractivity contribution is 5.35. The van der Waals surface area contributed by atoms with Gasteiger partial charge in [-0.1, -0.05) is 18.2 Å². The van der Waals surface area contributed by atoms with E-state index in [1.165, 1.54) is 24.8 Å². The van der Waals surface area contributed by atoms with Crippen LogP contribution >= 0.6 is 0 Å². The number of hydrogen-bond acceptors (Lipinski definition) is 3. The zero-order valence-electron chi connectivity index (χ0n) is 10.8. The highest BCUT2D eigenvalue weighted by Crippen LogP contribution is 2.22. The van der Waals surface area contributed by atoms with Gasteiger partial charge in [-0.25, -0.2) is 0 Å². The van der Waals surface area contributed by atoms with Gasteiger partial charge in [-0.15, -0.1) is 0 Å². The first-order valence-corrected chi connectivity index (χ1v) is 6.92. The van der Waals surface area contributed by atoms with Crippen LogP contribution in [0.2, 0.25) is 0 Å². The lowest BCUT2D eigenvalue weighted by molar-refractivity contribution is -0.0864. The summed E-state index contributed by atoms with van der Waals surface area (Å²) in [6.45, 7) is 3.98. The van der Waals surface area contributed by atoms with Crippen LogP contribution < -0.4 is 5.32 Å². The minimum atomic E-state index is 0.216. The third kappa shape index (κ3) is 2.91. The molecule has 1 atom stereocenters. The van der Waals surface area contributed by atoms with Gasteiger partial charge in [0.2, 0.25) is 0 Å². The zero-order valence-corrected chi connectivity index (χ0v) is 10.8. The molecule has 3 heteroatoms. The minimum Gasteiger partial charge on any atom is -0.376 e. The Bertz CT molecular complexity index is 399. The van der Waals surface area contributed by atoms with Crippen molar-refractivity contribution in [2.75, 3.05) is 26.4 Å². The Morgan fingerprint density at radius 1 is 1.17 bits per heavy atom. The first-order valence-electron chi connectivity index (χ1n) is 6.92. The second kappa shape index (κ2) is 5.83. The van der Waals surface area contributed by atoms with Crippen LogP contribution in [0.1, 0.15) is 23.1 Å². The van der Waals surface area contributed by atoms with E-state index < -0.39 is 0 Å². The summed E-state index contributed by atoms with van der Waals surface area (Å²) in [5.74, 6) is 0. The molecule has 0 bridgehead atoms. The van der Waals surface area contributed by atoms with Gasteiger partial charge < -0.3 is 14.8 Å². The molecule has 3 rings (SSSR count). The van der Waals surface area contributed by atoms with Gasteiger partial charge >= 0.3 is 0 Å². The molecular weight excluding hydrogens is 226 g/mol. The number of benzene rings is 1. The molecule has 0 aromatic heterocycles. The normalized spacial score (nSPS) is 23.0. The molecule has 3 nitrogen and oxygen atoms in total. The van der Waals surface area contributed by atoms with Crippen LogP contribution in [-0.4, -0.2) is 32.5 Å². The molecule has 0 saturated carbocycles. The highest BCUT2D eigenvalue weighted by Gasteiger charge is 2.14. The first kappa shape index (κ1) is 12.2. The van der Waals surface area contributed by atoms with Gasteiger partial charge in [0.1, 0.15) is 0 Å². The molecule has 2 aliphatic rings. The Morgan fingerprint density at radius 3 is 3.00 bits per heavy atom. The van der Waals surface area contributed by atoms with Gasteiger partial charge in [0, 0.05) is 13.1 Å². The predicted molar refractivity (Wildman–Crippen MR) is 70.7 cm³/mol. The van der Waals surface area contributed by atoms with E-state index in [1.54, 1.807) is 11.1 Å². The first-order chi connectivity index (χ1) is 8.92. The maximum atomic E-state index is 5.60. The molecule has 1 heterocycles. The van der Waals surface area contributed by atoms with Gasteiger partial charge in [0.25, 0.3) is 0 Å². The van der Waals surface area contributed by atoms with Crippen LogP contribution in [0.3, 0.4) is 0 Å². The predicted octanol–water partition coefficient (Wildman–Crippen LogP) is 1.68. The molecular formula is C15H21NO2. The Morgan fingerprint density at radius 2 is 2.11 bits per heavy atom. The maximum Gasteiger partial charge on any atom is 0.0933 e. The molecule has 98 valence electrons. The molecule has 1 aliphatic heterocycles. The van der Waals surface area contributed by atoms with Gasteiger partial charge in [-0.05, 0) is 36.0 Å². The van der Waals surface area contributed by atoms with E-state index in [1.807, 2.05) is 0 Å². The number of ether oxygens (including phenoxy) is 2. The van der Waals surface area contributed by atoms with Crippen molar-refractivity contribution in [1.29, 1.82) is 0 Å². The van der Waals surface area contributed by atoms with Crippen molar-refractivity contribution in [2.45, 2.75) is 31.9 Å². The van der Waals surface area contributed by atoms with Crippen molar-refractivity contribution in [1.82, 2.24) is 5.32 Å². The summed E-state index contributed by atoms with van der Waals surface area (Å²) < 4.78 is 11.0. The second-order valence-corrected chi connectivity index (χ2v) is 5.16. The van der Waals surface area contributed by atoms with Crippen molar-refractivity contribution < 1.29 is 9.47 Å². The summed E-state index contributed by atoms with van der Waals surface area (Å²) in [6, 6.07) is 6.89. The lowest BCUT2D eigenvalue weighted by Gasteiger charge is -2.23. The molecule has 1 fully saturated rings. The quantitative estimate of drug-likeness (QED) is 0.878. The summed E-state index contributed by atoms with van der Waals surface area (Å²) in [5.41, 5.74) is 4.47. The molecule has 1 aromatic carbocycles. The van der Waals surface area contributed by atoms with Crippen LogP contribution in [0, 0.1) is 0 Å². The van der Waals surface area contributed by atoms with Gasteiger partial charge in [-0.3, -0.25) is 0 Å². The summed E-state index contributed by atoms with van der Waals surface area (Å²) in [5, 5.41) is 3.46. The van der Waals surface area contributed by atoms with E-state index in [9.17, 15) is 0 Å². The largest absolute Gasteiger partial charge is 0.376 e. The smallest absolute Gasteiger partial charge is 0.0933 e. The fourth-order valence-electron chi connectivity index (χ4n) is 2.77. The number of fused-ring (bicyclic) bond motifs is 1. The Labute approximate surface area is 108 Å². The topological polar surface area (TPSA) is 30.5 Å². The lowest BCUT2D eigenvalue weighted by Crippen LogP contribution is -2.37. The summed E-state index contributed by atoms with van der Waals surface area (Å²) in [6.07, 6.45) is 4.05. The van der Waals surface area contributed by atoms with Gasteiger partial charge in [0.05, 0.1) is 25.9 Å². The van der Waals surface area contributed by atoms with Crippen molar-refractivity contribution in [3.8, 4) is 0 Å². The molecule has 0 amide bonds. The molecule has 0 spiro atoms. The minimum absolute atomic E-state index is 0.216. The van der Waals surface area contributed by atoms with E-state index in [4.69, 9.17) is 9.47 Å². The van der Waals surface area contributed by atoms with Crippen molar-refractivity contribution >= 4 is 0 Å². The van der Waals surface area contributed by atoms with E-state index >= 15 is 0 Å². The van der Waals surface area contributed by atoms with Crippen LogP contribution in [0.25, 0.3) is 0 Å². The Hall–Kier alpha value is -0.900. The van der Waals surface area contributed by atoms with Crippen LogP contribution in [0.5, 0.6) is 0 Å². The van der Waals surface area contributed by atoms with Crippen LogP contribution in [0.4, 0.5) is 0 Å². The number of hydrogen-bond donors (Lipinski definition) is 1. The molecule has 1 unspecified atom stereocenters. The van der Waals surface area contributed by atoms with Crippen molar-refractivity contribution in [3.63, 3.8) is 0 Å². The molecule has 1 aromatic rings. The van der Waals surface area contributed by atoms with E-state index in [-0.39, 0.29) is 6.10 Å². The maximum absolute atomic E-state index is 5.60. The summed E-state index contributed by atoms with van der Waals surface area (Å²) in [7, 11) is 0. The molecule has 0 radical (unpaired) electrons. The highest BCUT2D eigenvalue weighted by atomic mass is 16.6. The van der Waals surface area contributed by atoms with Crippen molar-refractivity contribution in [2.24, 2.45) is 0 Å². The van der Waals surface area contributed by atoms with Crippen LogP contribution in [0.15, 0.2) is 18.2 Å². The second-order valence-electron chi connectivity index (χ2n) is 5.16. The SMILES string of the molecule is c1cc2c(cc1CNCC1COCCO1)CCC2. The Kier molecular flexibility index (Phi) is 3.93. The third-order valence-electron chi connectivity index (χ3n) is 3.75. The monoisotopic (exact) mass is 247 g/mol. The molecule has 1 aliphatic carbocycles. The van der Waals surface area contributed by atoms with E-state index in [0.717, 1.165) is 32.9 Å². The summed E-state index contributed by atoms with van der Waals surface area (Å²) in [4.78, 5) is 0. The zero-order chi connectivity index (χ0) is 12.2. The lowest BCUT2D eigenvalue weighted by atomic mass is 10.1. The van der Waals surface area contributed by atoms with Gasteiger partial charge in [-0.2, -0.15) is 0 Å². The third-order valence-corrected chi connectivity index (χ3v) is 3.75. The number of nitrogens with one attached hydrogen (secondary N) is 1. The number of rotatable bonds is 4. The molecule has 1 N–H and O–H groups in total. The standard InChI is InChI=1S/C15H21NO2/c1-2-13-5-4-12(8-14(13)3-1)9-16-10-15-11-17-6-7-18-15/h4-5,8,15-16H,1-3,6-7,9-11H2.